The highest BCUT2D eigenvalue weighted by atomic mass is 19.1. The van der Waals surface area contributed by atoms with Gasteiger partial charge in [0.2, 0.25) is 0 Å². The first-order valence-corrected chi connectivity index (χ1v) is 11.5. The number of nitrogens with zero attached hydrogens (tertiary/aromatic N) is 4. The van der Waals surface area contributed by atoms with E-state index in [2.05, 4.69) is 10.2 Å². The molecule has 4 heterocycles. The average Bonchev–Trinajstić information content (AvgIpc) is 3.34. The number of amides is 2. The van der Waals surface area contributed by atoms with E-state index in [0.717, 1.165) is 42.0 Å². The second-order valence-electron chi connectivity index (χ2n) is 9.71. The maximum absolute atomic E-state index is 13.5. The van der Waals surface area contributed by atoms with E-state index >= 15 is 0 Å². The van der Waals surface area contributed by atoms with E-state index in [1.807, 2.05) is 29.4 Å². The fourth-order valence-corrected chi connectivity index (χ4v) is 5.42. The largest absolute Gasteiger partial charge is 0.336 e. The summed E-state index contributed by atoms with van der Waals surface area (Å²) in [6, 6.07) is 6.69. The third-order valence-corrected chi connectivity index (χ3v) is 7.03. The Bertz CT molecular complexity index is 1110. The van der Waals surface area contributed by atoms with Gasteiger partial charge < -0.3 is 10.2 Å². The molecule has 1 atom stereocenters. The molecule has 0 saturated carbocycles. The van der Waals surface area contributed by atoms with Crippen LogP contribution in [-0.2, 0) is 31.5 Å². The van der Waals surface area contributed by atoms with E-state index in [1.54, 1.807) is 12.1 Å². The van der Waals surface area contributed by atoms with E-state index in [4.69, 9.17) is 4.98 Å². The monoisotopic (exact) mass is 439 g/mol. The molecule has 0 bridgehead atoms. The topological polar surface area (TPSA) is 70.5 Å². The SMILES string of the molecule is CC(C)NC(=O)N1CCC2(CCn3c2nc2c(c3=O)CN(Cc3cccc(F)c3)CC2)C1. The minimum absolute atomic E-state index is 0.0383. The Labute approximate surface area is 187 Å². The first kappa shape index (κ1) is 21.1. The number of halogens is 1. The number of carbonyl (C=O) groups excluding carboxylic acids is 1. The van der Waals surface area contributed by atoms with Gasteiger partial charge in [-0.15, -0.1) is 0 Å². The molecule has 8 heteroatoms. The Balaban J connectivity index is 1.37. The zero-order valence-corrected chi connectivity index (χ0v) is 18.7. The lowest BCUT2D eigenvalue weighted by atomic mass is 9.85. The Morgan fingerprint density at radius 2 is 2.06 bits per heavy atom. The number of hydrogen-bond donors (Lipinski definition) is 1. The smallest absolute Gasteiger partial charge is 0.317 e. The van der Waals surface area contributed by atoms with Crippen molar-refractivity contribution < 1.29 is 9.18 Å². The molecule has 32 heavy (non-hydrogen) atoms. The summed E-state index contributed by atoms with van der Waals surface area (Å²) in [5.74, 6) is 0.622. The number of hydrogen-bond acceptors (Lipinski definition) is 4. The predicted molar refractivity (Wildman–Crippen MR) is 119 cm³/mol. The van der Waals surface area contributed by atoms with Gasteiger partial charge in [-0.25, -0.2) is 14.2 Å². The number of aromatic nitrogens is 2. The van der Waals surface area contributed by atoms with E-state index in [9.17, 15) is 14.0 Å². The van der Waals surface area contributed by atoms with Crippen molar-refractivity contribution in [2.75, 3.05) is 19.6 Å². The van der Waals surface area contributed by atoms with Crippen LogP contribution in [0.15, 0.2) is 29.1 Å². The quantitative estimate of drug-likeness (QED) is 0.798. The van der Waals surface area contributed by atoms with Crippen molar-refractivity contribution in [2.45, 2.75) is 64.2 Å². The number of likely N-dealkylation sites (tertiary alicyclic amines) is 1. The fourth-order valence-electron chi connectivity index (χ4n) is 5.42. The lowest BCUT2D eigenvalue weighted by Crippen LogP contribution is -2.43. The van der Waals surface area contributed by atoms with Crippen LogP contribution in [0, 0.1) is 5.82 Å². The molecule has 3 aliphatic rings. The molecule has 1 aromatic carbocycles. The minimum atomic E-state index is -0.238. The summed E-state index contributed by atoms with van der Waals surface area (Å²) in [6.45, 7) is 7.80. The number of benzene rings is 1. The Morgan fingerprint density at radius 1 is 1.25 bits per heavy atom. The molecule has 0 radical (unpaired) electrons. The summed E-state index contributed by atoms with van der Waals surface area (Å²) in [4.78, 5) is 35.0. The molecule has 1 fully saturated rings. The highest BCUT2D eigenvalue weighted by molar-refractivity contribution is 5.75. The molecule has 0 aliphatic carbocycles. The van der Waals surface area contributed by atoms with Gasteiger partial charge >= 0.3 is 6.03 Å². The summed E-state index contributed by atoms with van der Waals surface area (Å²) >= 11 is 0. The molecule has 1 aromatic heterocycles. The molecular formula is C24H30FN5O2. The van der Waals surface area contributed by atoms with E-state index < -0.39 is 0 Å². The third-order valence-electron chi connectivity index (χ3n) is 7.03. The van der Waals surface area contributed by atoms with Crippen LogP contribution >= 0.6 is 0 Å². The van der Waals surface area contributed by atoms with Gasteiger partial charge in [-0.2, -0.15) is 0 Å². The molecule has 1 unspecified atom stereocenters. The zero-order valence-electron chi connectivity index (χ0n) is 18.7. The first-order valence-electron chi connectivity index (χ1n) is 11.5. The number of rotatable bonds is 3. The normalized spacial score (nSPS) is 22.4. The second-order valence-corrected chi connectivity index (χ2v) is 9.71. The van der Waals surface area contributed by atoms with Crippen LogP contribution in [0.2, 0.25) is 0 Å². The van der Waals surface area contributed by atoms with Crippen LogP contribution in [0.1, 0.15) is 49.3 Å². The van der Waals surface area contributed by atoms with Crippen molar-refractivity contribution in [3.8, 4) is 0 Å². The first-order chi connectivity index (χ1) is 15.3. The van der Waals surface area contributed by atoms with Crippen molar-refractivity contribution in [3.05, 3.63) is 63.1 Å². The minimum Gasteiger partial charge on any atom is -0.336 e. The van der Waals surface area contributed by atoms with Crippen molar-refractivity contribution in [3.63, 3.8) is 0 Å². The van der Waals surface area contributed by atoms with Gasteiger partial charge in [-0.05, 0) is 44.4 Å². The van der Waals surface area contributed by atoms with Gasteiger partial charge in [0.15, 0.2) is 0 Å². The van der Waals surface area contributed by atoms with Gasteiger partial charge in [0.25, 0.3) is 5.56 Å². The molecule has 2 amide bonds. The fraction of sp³-hybridized carbons (Fsp3) is 0.542. The second kappa shape index (κ2) is 7.99. The number of fused-ring (bicyclic) bond motifs is 3. The van der Waals surface area contributed by atoms with Crippen molar-refractivity contribution in [1.29, 1.82) is 0 Å². The lowest BCUT2D eigenvalue weighted by Gasteiger charge is -2.30. The van der Waals surface area contributed by atoms with Gasteiger partial charge in [-0.1, -0.05) is 12.1 Å². The van der Waals surface area contributed by atoms with Gasteiger partial charge in [0.05, 0.1) is 11.3 Å². The van der Waals surface area contributed by atoms with E-state index in [-0.39, 0.29) is 28.9 Å². The third kappa shape index (κ3) is 3.70. The van der Waals surface area contributed by atoms with E-state index in [1.165, 1.54) is 6.07 Å². The molecule has 3 aliphatic heterocycles. The standard InChI is InChI=1S/C24H30FN5O2/c1-16(2)26-23(32)29-10-7-24(15-29)8-11-30-21(31)19-14-28(9-6-20(19)27-22(24)30)13-17-4-3-5-18(25)12-17/h3-5,12,16H,6-11,13-15H2,1-2H3,(H,26,32). The number of urea groups is 1. The van der Waals surface area contributed by atoms with Crippen LogP contribution in [0.4, 0.5) is 9.18 Å². The molecule has 1 saturated heterocycles. The maximum Gasteiger partial charge on any atom is 0.317 e. The van der Waals surface area contributed by atoms with Crippen LogP contribution < -0.4 is 10.9 Å². The molecule has 2 aromatic rings. The molecular weight excluding hydrogens is 409 g/mol. The average molecular weight is 440 g/mol. The van der Waals surface area contributed by atoms with Crippen molar-refractivity contribution in [1.82, 2.24) is 24.7 Å². The molecule has 1 spiro atoms. The number of carbonyl (C=O) groups is 1. The lowest BCUT2D eigenvalue weighted by molar-refractivity contribution is 0.202. The highest BCUT2D eigenvalue weighted by Crippen LogP contribution is 2.41. The van der Waals surface area contributed by atoms with Crippen molar-refractivity contribution in [2.24, 2.45) is 0 Å². The van der Waals surface area contributed by atoms with Crippen LogP contribution in [-0.4, -0.2) is 51.1 Å². The van der Waals surface area contributed by atoms with Gasteiger partial charge in [-0.3, -0.25) is 14.3 Å². The van der Waals surface area contributed by atoms with Crippen molar-refractivity contribution >= 4 is 6.03 Å². The summed E-state index contributed by atoms with van der Waals surface area (Å²) in [6.07, 6.45) is 2.40. The summed E-state index contributed by atoms with van der Waals surface area (Å²) in [7, 11) is 0. The van der Waals surface area contributed by atoms with E-state index in [0.29, 0.717) is 39.1 Å². The molecule has 7 nitrogen and oxygen atoms in total. The zero-order chi connectivity index (χ0) is 22.5. The Hall–Kier alpha value is -2.74. The Morgan fingerprint density at radius 3 is 2.84 bits per heavy atom. The maximum atomic E-state index is 13.5. The summed E-state index contributed by atoms with van der Waals surface area (Å²) < 4.78 is 15.4. The van der Waals surface area contributed by atoms with Gasteiger partial charge in [0, 0.05) is 57.1 Å². The molecule has 170 valence electrons. The van der Waals surface area contributed by atoms with Crippen LogP contribution in [0.25, 0.3) is 0 Å². The van der Waals surface area contributed by atoms with Gasteiger partial charge in [0.1, 0.15) is 11.6 Å². The van der Waals surface area contributed by atoms with Crippen LogP contribution in [0.5, 0.6) is 0 Å². The molecule has 5 rings (SSSR count). The number of nitrogens with one attached hydrogen (secondary N) is 1. The van der Waals surface area contributed by atoms with Crippen LogP contribution in [0.3, 0.4) is 0 Å². The highest BCUT2D eigenvalue weighted by Gasteiger charge is 2.48. The molecule has 1 N–H and O–H groups in total. The Kier molecular flexibility index (Phi) is 5.28. The summed E-state index contributed by atoms with van der Waals surface area (Å²) in [5, 5.41) is 2.97. The predicted octanol–water partition coefficient (Wildman–Crippen LogP) is 2.41. The summed E-state index contributed by atoms with van der Waals surface area (Å²) in [5.41, 5.74) is 2.40.